The highest BCUT2D eigenvalue weighted by Gasteiger charge is 2.23. The molecule has 5 nitrogen and oxygen atoms in total. The van der Waals surface area contributed by atoms with E-state index in [0.29, 0.717) is 0 Å². The number of carbonyl (C=O) groups excluding carboxylic acids is 1. The number of ether oxygens (including phenoxy) is 1. The van der Waals surface area contributed by atoms with Gasteiger partial charge in [0, 0.05) is 5.57 Å². The quantitative estimate of drug-likeness (QED) is 0.481. The molecule has 0 aliphatic rings. The van der Waals surface area contributed by atoms with Crippen molar-refractivity contribution in [3.63, 3.8) is 0 Å². The van der Waals surface area contributed by atoms with Crippen molar-refractivity contribution in [1.82, 2.24) is 0 Å². The maximum atomic E-state index is 11.5. The summed E-state index contributed by atoms with van der Waals surface area (Å²) < 4.78 is 16.0. The molecule has 1 aromatic carbocycles. The Morgan fingerprint density at radius 2 is 2.00 bits per heavy atom. The number of methoxy groups -OCH3 is 1. The van der Waals surface area contributed by atoms with Gasteiger partial charge in [0.25, 0.3) is 0 Å². The lowest BCUT2D eigenvalue weighted by atomic mass is 10.1. The molecule has 1 rings (SSSR count). The van der Waals surface area contributed by atoms with Gasteiger partial charge in [-0.25, -0.2) is 4.79 Å². The highest BCUT2D eigenvalue weighted by atomic mass is 31.2. The average molecular weight is 270 g/mol. The number of hydrogen-bond acceptors (Lipinski definition) is 4. The number of esters is 1. The van der Waals surface area contributed by atoms with Gasteiger partial charge in [-0.05, 0) is 11.6 Å². The predicted octanol–water partition coefficient (Wildman–Crippen LogP) is 1.46. The molecule has 1 aromatic rings. The molecule has 6 heteroatoms. The van der Waals surface area contributed by atoms with Gasteiger partial charge in [-0.3, -0.25) is 4.57 Å². The molecule has 1 atom stereocenters. The molecule has 0 fully saturated rings. The Kier molecular flexibility index (Phi) is 5.28. The lowest BCUT2D eigenvalue weighted by Crippen LogP contribution is -2.10. The van der Waals surface area contributed by atoms with E-state index in [0.717, 1.165) is 5.56 Å². The van der Waals surface area contributed by atoms with E-state index in [-0.39, 0.29) is 5.57 Å². The SMILES string of the molecule is COC(=O)/C(=C/c1ccccc1)CP(=O)(O)CO. The molecule has 0 spiro atoms. The Morgan fingerprint density at radius 3 is 2.50 bits per heavy atom. The third-order valence-electron chi connectivity index (χ3n) is 2.23. The highest BCUT2D eigenvalue weighted by molar-refractivity contribution is 7.58. The Labute approximate surface area is 105 Å². The van der Waals surface area contributed by atoms with Crippen molar-refractivity contribution in [3.8, 4) is 0 Å². The maximum Gasteiger partial charge on any atom is 0.334 e. The van der Waals surface area contributed by atoms with Crippen LogP contribution in [0.4, 0.5) is 0 Å². The van der Waals surface area contributed by atoms with Crippen molar-refractivity contribution >= 4 is 19.4 Å². The molecule has 0 aromatic heterocycles. The summed E-state index contributed by atoms with van der Waals surface area (Å²) in [6.45, 7) is 0. The molecule has 98 valence electrons. The van der Waals surface area contributed by atoms with Crippen molar-refractivity contribution in [2.75, 3.05) is 19.6 Å². The standard InChI is InChI=1S/C12H15O5P/c1-17-12(14)11(8-18(15,16)9-13)7-10-5-3-2-4-6-10/h2-7,13H,8-9H2,1H3,(H,15,16)/b11-7+. The second-order valence-electron chi connectivity index (χ2n) is 3.72. The van der Waals surface area contributed by atoms with Gasteiger partial charge >= 0.3 is 5.97 Å². The van der Waals surface area contributed by atoms with E-state index < -0.39 is 25.8 Å². The van der Waals surface area contributed by atoms with Crippen molar-refractivity contribution in [3.05, 3.63) is 41.5 Å². The summed E-state index contributed by atoms with van der Waals surface area (Å²) in [5.41, 5.74) is 0.777. The first-order valence-electron chi connectivity index (χ1n) is 5.24. The van der Waals surface area contributed by atoms with E-state index in [1.807, 2.05) is 6.07 Å². The van der Waals surface area contributed by atoms with Gasteiger partial charge in [-0.1, -0.05) is 30.3 Å². The highest BCUT2D eigenvalue weighted by Crippen LogP contribution is 2.41. The number of rotatable bonds is 5. The Morgan fingerprint density at radius 1 is 1.39 bits per heavy atom. The molecular weight excluding hydrogens is 255 g/mol. The van der Waals surface area contributed by atoms with Crippen molar-refractivity contribution in [2.24, 2.45) is 0 Å². The van der Waals surface area contributed by atoms with Crippen LogP contribution in [0.2, 0.25) is 0 Å². The number of carbonyl (C=O) groups is 1. The molecule has 0 amide bonds. The molecule has 0 radical (unpaired) electrons. The first kappa shape index (κ1) is 14.6. The summed E-state index contributed by atoms with van der Waals surface area (Å²) in [6, 6.07) is 8.89. The maximum absolute atomic E-state index is 11.5. The van der Waals surface area contributed by atoms with Crippen LogP contribution in [0.1, 0.15) is 5.56 Å². The minimum absolute atomic E-state index is 0.0589. The van der Waals surface area contributed by atoms with Gasteiger partial charge in [-0.15, -0.1) is 0 Å². The molecular formula is C12H15O5P. The fourth-order valence-corrected chi connectivity index (χ4v) is 2.22. The first-order chi connectivity index (χ1) is 8.48. The molecule has 18 heavy (non-hydrogen) atoms. The second-order valence-corrected chi connectivity index (χ2v) is 6.01. The van der Waals surface area contributed by atoms with Crippen molar-refractivity contribution < 1.29 is 24.1 Å². The smallest absolute Gasteiger partial charge is 0.334 e. The lowest BCUT2D eigenvalue weighted by molar-refractivity contribution is -0.135. The Hall–Kier alpha value is -1.42. The summed E-state index contributed by atoms with van der Waals surface area (Å²) in [5.74, 6) is -0.679. The summed E-state index contributed by atoms with van der Waals surface area (Å²) in [6.07, 6.45) is 0.200. The minimum atomic E-state index is -3.75. The topological polar surface area (TPSA) is 83.8 Å². The summed E-state index contributed by atoms with van der Waals surface area (Å²) >= 11 is 0. The van der Waals surface area contributed by atoms with Crippen molar-refractivity contribution in [2.45, 2.75) is 0 Å². The number of aliphatic hydroxyl groups is 1. The average Bonchev–Trinajstić information content (AvgIpc) is 2.38. The van der Waals surface area contributed by atoms with Gasteiger partial charge in [0.15, 0.2) is 0 Å². The van der Waals surface area contributed by atoms with E-state index in [4.69, 9.17) is 5.11 Å². The van der Waals surface area contributed by atoms with Crippen LogP contribution >= 0.6 is 7.37 Å². The molecule has 1 unspecified atom stereocenters. The Bertz CT molecular complexity index is 481. The van der Waals surface area contributed by atoms with Crippen LogP contribution in [0.25, 0.3) is 6.08 Å². The van der Waals surface area contributed by atoms with Crippen LogP contribution in [0, 0.1) is 0 Å². The monoisotopic (exact) mass is 270 g/mol. The minimum Gasteiger partial charge on any atom is -0.466 e. The normalized spacial score (nSPS) is 14.9. The predicted molar refractivity (Wildman–Crippen MR) is 68.2 cm³/mol. The first-order valence-corrected chi connectivity index (χ1v) is 7.27. The molecule has 0 saturated carbocycles. The molecule has 0 aliphatic carbocycles. The zero-order valence-electron chi connectivity index (χ0n) is 9.94. The third kappa shape index (κ3) is 4.45. The zero-order valence-corrected chi connectivity index (χ0v) is 10.8. The van der Waals surface area contributed by atoms with Gasteiger partial charge in [0.05, 0.1) is 13.3 Å². The molecule has 2 N–H and O–H groups in total. The molecule has 0 bridgehead atoms. The molecule has 0 saturated heterocycles. The van der Waals surface area contributed by atoms with Crippen LogP contribution in [0.3, 0.4) is 0 Å². The Balaban J connectivity index is 3.03. The van der Waals surface area contributed by atoms with Gasteiger partial charge < -0.3 is 14.7 Å². The molecule has 0 aliphatic heterocycles. The largest absolute Gasteiger partial charge is 0.466 e. The van der Waals surface area contributed by atoms with Crippen LogP contribution in [-0.4, -0.2) is 35.6 Å². The van der Waals surface area contributed by atoms with Crippen molar-refractivity contribution in [1.29, 1.82) is 0 Å². The number of hydrogen-bond donors (Lipinski definition) is 2. The van der Waals surface area contributed by atoms with Crippen LogP contribution in [0.15, 0.2) is 35.9 Å². The van der Waals surface area contributed by atoms with E-state index in [9.17, 15) is 14.3 Å². The van der Waals surface area contributed by atoms with Gasteiger partial charge in [0.2, 0.25) is 7.37 Å². The molecule has 0 heterocycles. The van der Waals surface area contributed by atoms with E-state index in [1.165, 1.54) is 13.2 Å². The summed E-state index contributed by atoms with van der Waals surface area (Å²) in [5, 5.41) is 8.77. The fourth-order valence-electron chi connectivity index (χ4n) is 1.37. The fraction of sp³-hybridized carbons (Fsp3) is 0.250. The summed E-state index contributed by atoms with van der Waals surface area (Å²) in [7, 11) is -2.55. The van der Waals surface area contributed by atoms with Crippen LogP contribution < -0.4 is 0 Å². The lowest BCUT2D eigenvalue weighted by Gasteiger charge is -2.10. The van der Waals surface area contributed by atoms with Gasteiger partial charge in [0.1, 0.15) is 6.35 Å². The van der Waals surface area contributed by atoms with Crippen LogP contribution in [0.5, 0.6) is 0 Å². The van der Waals surface area contributed by atoms with E-state index >= 15 is 0 Å². The van der Waals surface area contributed by atoms with E-state index in [2.05, 4.69) is 4.74 Å². The third-order valence-corrected chi connectivity index (χ3v) is 3.50. The number of aliphatic hydroxyl groups excluding tert-OH is 1. The second kappa shape index (κ2) is 6.50. The summed E-state index contributed by atoms with van der Waals surface area (Å²) in [4.78, 5) is 20.9. The van der Waals surface area contributed by atoms with Crippen LogP contribution in [-0.2, 0) is 14.1 Å². The number of benzene rings is 1. The zero-order chi connectivity index (χ0) is 13.6. The van der Waals surface area contributed by atoms with E-state index in [1.54, 1.807) is 24.3 Å². The van der Waals surface area contributed by atoms with Gasteiger partial charge in [-0.2, -0.15) is 0 Å².